The first-order valence-corrected chi connectivity index (χ1v) is 5.46. The minimum absolute atomic E-state index is 0.109. The quantitative estimate of drug-likeness (QED) is 0.790. The average Bonchev–Trinajstić information content (AvgIpc) is 2.73. The van der Waals surface area contributed by atoms with E-state index in [1.54, 1.807) is 6.20 Å². The van der Waals surface area contributed by atoms with Crippen LogP contribution < -0.4 is 0 Å². The van der Waals surface area contributed by atoms with Crippen LogP contribution in [0.15, 0.2) is 36.5 Å². The highest BCUT2D eigenvalue weighted by Gasteiger charge is 1.99. The summed E-state index contributed by atoms with van der Waals surface area (Å²) in [6, 6.07) is 9.95. The molecule has 1 aromatic heterocycles. The second kappa shape index (κ2) is 5.33. The largest absolute Gasteiger partial charge is 0.384 e. The first kappa shape index (κ1) is 11.4. The third-order valence-corrected chi connectivity index (χ3v) is 2.50. The van der Waals surface area contributed by atoms with Crippen LogP contribution in [-0.4, -0.2) is 21.5 Å². The van der Waals surface area contributed by atoms with E-state index in [0.717, 1.165) is 23.4 Å². The van der Waals surface area contributed by atoms with Crippen molar-refractivity contribution in [3.8, 4) is 11.8 Å². The zero-order valence-corrected chi connectivity index (χ0v) is 9.72. The molecular formula is C14H14N2O. The Balaban J connectivity index is 2.19. The third-order valence-electron chi connectivity index (χ3n) is 2.50. The Morgan fingerprint density at radius 3 is 2.94 bits per heavy atom. The van der Waals surface area contributed by atoms with Crippen LogP contribution in [0.25, 0.3) is 0 Å². The van der Waals surface area contributed by atoms with E-state index in [1.807, 2.05) is 41.9 Å². The number of hydrogen-bond acceptors (Lipinski definition) is 2. The van der Waals surface area contributed by atoms with Crippen molar-refractivity contribution < 1.29 is 5.11 Å². The van der Waals surface area contributed by atoms with E-state index < -0.39 is 0 Å². The zero-order chi connectivity index (χ0) is 12.1. The van der Waals surface area contributed by atoms with Gasteiger partial charge in [-0.15, -0.1) is 0 Å². The molecule has 3 nitrogen and oxygen atoms in total. The van der Waals surface area contributed by atoms with Gasteiger partial charge in [0.2, 0.25) is 0 Å². The van der Waals surface area contributed by atoms with E-state index in [1.165, 1.54) is 0 Å². The molecule has 1 heterocycles. The van der Waals surface area contributed by atoms with Gasteiger partial charge in [-0.1, -0.05) is 24.0 Å². The second-order valence-corrected chi connectivity index (χ2v) is 3.79. The second-order valence-electron chi connectivity index (χ2n) is 3.79. The number of aromatic nitrogens is 2. The Kier molecular flexibility index (Phi) is 3.59. The maximum absolute atomic E-state index is 8.65. The van der Waals surface area contributed by atoms with Gasteiger partial charge in [0.1, 0.15) is 6.61 Å². The van der Waals surface area contributed by atoms with E-state index in [9.17, 15) is 0 Å². The topological polar surface area (TPSA) is 38.0 Å². The van der Waals surface area contributed by atoms with Gasteiger partial charge < -0.3 is 5.11 Å². The van der Waals surface area contributed by atoms with Gasteiger partial charge in [-0.3, -0.25) is 4.68 Å². The minimum Gasteiger partial charge on any atom is -0.384 e. The number of nitrogens with zero attached hydrogens (tertiary/aromatic N) is 2. The molecule has 0 aliphatic heterocycles. The average molecular weight is 226 g/mol. The lowest BCUT2D eigenvalue weighted by Crippen LogP contribution is -2.03. The lowest BCUT2D eigenvalue weighted by Gasteiger charge is -2.04. The van der Waals surface area contributed by atoms with E-state index >= 15 is 0 Å². The zero-order valence-electron chi connectivity index (χ0n) is 9.72. The maximum atomic E-state index is 8.65. The van der Waals surface area contributed by atoms with E-state index in [4.69, 9.17) is 5.11 Å². The molecule has 0 aliphatic rings. The molecule has 1 N–H and O–H groups in total. The highest BCUT2D eigenvalue weighted by molar-refractivity contribution is 5.37. The van der Waals surface area contributed by atoms with Crippen molar-refractivity contribution in [3.05, 3.63) is 53.3 Å². The molecule has 3 heteroatoms. The summed E-state index contributed by atoms with van der Waals surface area (Å²) in [5.74, 6) is 5.54. The molecule has 86 valence electrons. The van der Waals surface area contributed by atoms with Crippen molar-refractivity contribution in [1.82, 2.24) is 9.78 Å². The fourth-order valence-corrected chi connectivity index (χ4v) is 1.63. The summed E-state index contributed by atoms with van der Waals surface area (Å²) in [7, 11) is 0. The summed E-state index contributed by atoms with van der Waals surface area (Å²) in [4.78, 5) is 0. The van der Waals surface area contributed by atoms with E-state index in [-0.39, 0.29) is 6.61 Å². The Labute approximate surface area is 101 Å². The van der Waals surface area contributed by atoms with Crippen molar-refractivity contribution in [3.63, 3.8) is 0 Å². The molecule has 0 radical (unpaired) electrons. The number of hydrogen-bond donors (Lipinski definition) is 1. The monoisotopic (exact) mass is 226 g/mol. The molecule has 17 heavy (non-hydrogen) atoms. The number of rotatable bonds is 2. The molecule has 0 fully saturated rings. The standard InChI is InChI=1S/C14H14N2O/c1-12-7-8-15-16(12)11-14-5-2-4-13(10-14)6-3-9-17/h2,4-5,7-8,10,17H,9,11H2,1H3. The number of benzene rings is 1. The fourth-order valence-electron chi connectivity index (χ4n) is 1.63. The molecule has 0 saturated heterocycles. The molecule has 0 atom stereocenters. The van der Waals surface area contributed by atoms with Gasteiger partial charge in [-0.05, 0) is 30.7 Å². The molecule has 0 amide bonds. The molecule has 0 spiro atoms. The van der Waals surface area contributed by atoms with Crippen LogP contribution in [0.1, 0.15) is 16.8 Å². The molecule has 0 unspecified atom stereocenters. The van der Waals surface area contributed by atoms with Gasteiger partial charge in [0.25, 0.3) is 0 Å². The number of aliphatic hydroxyl groups is 1. The summed E-state index contributed by atoms with van der Waals surface area (Å²) in [5.41, 5.74) is 3.21. The van der Waals surface area contributed by atoms with E-state index in [0.29, 0.717) is 0 Å². The first-order valence-electron chi connectivity index (χ1n) is 5.46. The maximum Gasteiger partial charge on any atom is 0.104 e. The normalized spacial score (nSPS) is 9.76. The van der Waals surface area contributed by atoms with Crippen molar-refractivity contribution >= 4 is 0 Å². The molecule has 0 aliphatic carbocycles. The Morgan fingerprint density at radius 2 is 2.24 bits per heavy atom. The van der Waals surface area contributed by atoms with Crippen LogP contribution >= 0.6 is 0 Å². The van der Waals surface area contributed by atoms with Gasteiger partial charge in [0, 0.05) is 17.5 Å². The molecular weight excluding hydrogens is 212 g/mol. The van der Waals surface area contributed by atoms with Crippen molar-refractivity contribution in [1.29, 1.82) is 0 Å². The van der Waals surface area contributed by atoms with Crippen LogP contribution in [0, 0.1) is 18.8 Å². The number of aliphatic hydroxyl groups excluding tert-OH is 1. The highest BCUT2D eigenvalue weighted by atomic mass is 16.2. The minimum atomic E-state index is -0.109. The molecule has 0 bridgehead atoms. The summed E-state index contributed by atoms with van der Waals surface area (Å²) in [6.07, 6.45) is 1.80. The molecule has 1 aromatic carbocycles. The van der Waals surface area contributed by atoms with Crippen LogP contribution in [0.3, 0.4) is 0 Å². The van der Waals surface area contributed by atoms with Crippen LogP contribution in [-0.2, 0) is 6.54 Å². The van der Waals surface area contributed by atoms with Gasteiger partial charge in [-0.25, -0.2) is 0 Å². The van der Waals surface area contributed by atoms with E-state index in [2.05, 4.69) is 16.9 Å². The van der Waals surface area contributed by atoms with Gasteiger partial charge in [0.05, 0.1) is 6.54 Å². The fraction of sp³-hybridized carbons (Fsp3) is 0.214. The Morgan fingerprint density at radius 1 is 1.35 bits per heavy atom. The molecule has 2 rings (SSSR count). The SMILES string of the molecule is Cc1ccnn1Cc1cccc(C#CCO)c1. The summed E-state index contributed by atoms with van der Waals surface area (Å²) in [5, 5.41) is 12.9. The smallest absolute Gasteiger partial charge is 0.104 e. The molecule has 0 saturated carbocycles. The summed E-state index contributed by atoms with van der Waals surface area (Å²) >= 11 is 0. The van der Waals surface area contributed by atoms with Crippen LogP contribution in [0.4, 0.5) is 0 Å². The predicted molar refractivity (Wildman–Crippen MR) is 66.5 cm³/mol. The molecule has 2 aromatic rings. The third kappa shape index (κ3) is 2.96. The van der Waals surface area contributed by atoms with Crippen LogP contribution in [0.5, 0.6) is 0 Å². The Bertz CT molecular complexity index is 561. The Hall–Kier alpha value is -2.05. The van der Waals surface area contributed by atoms with Gasteiger partial charge in [-0.2, -0.15) is 5.10 Å². The van der Waals surface area contributed by atoms with Crippen LogP contribution in [0.2, 0.25) is 0 Å². The summed E-state index contributed by atoms with van der Waals surface area (Å²) in [6.45, 7) is 2.67. The highest BCUT2D eigenvalue weighted by Crippen LogP contribution is 2.07. The summed E-state index contributed by atoms with van der Waals surface area (Å²) < 4.78 is 1.94. The lowest BCUT2D eigenvalue weighted by atomic mass is 10.1. The van der Waals surface area contributed by atoms with Crippen molar-refractivity contribution in [2.45, 2.75) is 13.5 Å². The van der Waals surface area contributed by atoms with Gasteiger partial charge >= 0.3 is 0 Å². The van der Waals surface area contributed by atoms with Crippen molar-refractivity contribution in [2.24, 2.45) is 0 Å². The first-order chi connectivity index (χ1) is 8.29. The van der Waals surface area contributed by atoms with Crippen molar-refractivity contribution in [2.75, 3.05) is 6.61 Å². The van der Waals surface area contributed by atoms with Gasteiger partial charge in [0.15, 0.2) is 0 Å². The lowest BCUT2D eigenvalue weighted by molar-refractivity contribution is 0.350. The number of aryl methyl sites for hydroxylation is 1. The predicted octanol–water partition coefficient (Wildman–Crippen LogP) is 1.58.